The maximum atomic E-state index is 12.2. The van der Waals surface area contributed by atoms with Crippen molar-refractivity contribution in [3.05, 3.63) is 66.5 Å². The minimum Gasteiger partial charge on any atom is -0.493 e. The maximum absolute atomic E-state index is 12.2. The fourth-order valence-electron chi connectivity index (χ4n) is 2.20. The number of carbonyl (C=O) groups is 1. The Labute approximate surface area is 142 Å². The Kier molecular flexibility index (Phi) is 6.37. The van der Waals surface area contributed by atoms with E-state index in [1.807, 2.05) is 42.5 Å². The zero-order chi connectivity index (χ0) is 17.4. The number of benzene rings is 1. The normalized spacial score (nSPS) is 10.1. The largest absolute Gasteiger partial charge is 0.493 e. The van der Waals surface area contributed by atoms with Crippen molar-refractivity contribution in [3.63, 3.8) is 0 Å². The second-order valence-electron chi connectivity index (χ2n) is 5.34. The first-order valence-corrected chi connectivity index (χ1v) is 7.68. The van der Waals surface area contributed by atoms with Crippen molar-refractivity contribution in [1.29, 1.82) is 0 Å². The van der Waals surface area contributed by atoms with Crippen molar-refractivity contribution in [1.82, 2.24) is 9.88 Å². The van der Waals surface area contributed by atoms with E-state index in [1.54, 1.807) is 25.3 Å². The monoisotopic (exact) mass is 326 g/mol. The summed E-state index contributed by atoms with van der Waals surface area (Å²) in [5.41, 5.74) is 1.91. The van der Waals surface area contributed by atoms with Crippen LogP contribution in [-0.4, -0.2) is 36.6 Å². The van der Waals surface area contributed by atoms with Gasteiger partial charge in [-0.15, -0.1) is 6.58 Å². The molecular formula is C19H22N2O3. The first-order chi connectivity index (χ1) is 11.6. The molecule has 1 heterocycles. The van der Waals surface area contributed by atoms with Crippen LogP contribution in [0.2, 0.25) is 0 Å². The Bertz CT molecular complexity index is 686. The topological polar surface area (TPSA) is 51.7 Å². The zero-order valence-electron chi connectivity index (χ0n) is 14.1. The van der Waals surface area contributed by atoms with Crippen molar-refractivity contribution >= 4 is 5.91 Å². The number of hydrogen-bond acceptors (Lipinski definition) is 4. The molecule has 5 nitrogen and oxygen atoms in total. The summed E-state index contributed by atoms with van der Waals surface area (Å²) < 4.78 is 10.9. The van der Waals surface area contributed by atoms with E-state index in [4.69, 9.17) is 9.47 Å². The lowest BCUT2D eigenvalue weighted by atomic mass is 10.1. The lowest BCUT2D eigenvalue weighted by molar-refractivity contribution is -0.132. The SMILES string of the molecule is C=CCc1ccc(OCC(=O)N(C)Cc2ccccn2)c(OC)c1. The van der Waals surface area contributed by atoms with E-state index >= 15 is 0 Å². The third-order valence-electron chi connectivity index (χ3n) is 3.51. The van der Waals surface area contributed by atoms with Gasteiger partial charge in [-0.25, -0.2) is 0 Å². The number of nitrogens with zero attached hydrogens (tertiary/aromatic N) is 2. The molecule has 0 atom stereocenters. The third-order valence-corrected chi connectivity index (χ3v) is 3.51. The Hall–Kier alpha value is -2.82. The zero-order valence-corrected chi connectivity index (χ0v) is 14.1. The fourth-order valence-corrected chi connectivity index (χ4v) is 2.20. The number of methoxy groups -OCH3 is 1. The highest BCUT2D eigenvalue weighted by molar-refractivity contribution is 5.77. The molecule has 24 heavy (non-hydrogen) atoms. The van der Waals surface area contributed by atoms with Gasteiger partial charge in [0.15, 0.2) is 18.1 Å². The summed E-state index contributed by atoms with van der Waals surface area (Å²) in [6.07, 6.45) is 4.29. The van der Waals surface area contributed by atoms with Crippen molar-refractivity contribution in [2.75, 3.05) is 20.8 Å². The molecule has 0 N–H and O–H groups in total. The molecule has 5 heteroatoms. The van der Waals surface area contributed by atoms with E-state index in [0.717, 1.165) is 17.7 Å². The molecule has 0 unspecified atom stereocenters. The van der Waals surface area contributed by atoms with Crippen LogP contribution >= 0.6 is 0 Å². The van der Waals surface area contributed by atoms with Crippen molar-refractivity contribution in [2.45, 2.75) is 13.0 Å². The van der Waals surface area contributed by atoms with Crippen LogP contribution in [0.4, 0.5) is 0 Å². The van der Waals surface area contributed by atoms with Gasteiger partial charge in [-0.1, -0.05) is 18.2 Å². The number of rotatable bonds is 8. The molecule has 1 amide bonds. The van der Waals surface area contributed by atoms with Crippen LogP contribution in [0.1, 0.15) is 11.3 Å². The van der Waals surface area contributed by atoms with Crippen LogP contribution in [0.5, 0.6) is 11.5 Å². The predicted molar refractivity (Wildman–Crippen MR) is 93.1 cm³/mol. The minimum absolute atomic E-state index is 0.0551. The second kappa shape index (κ2) is 8.72. The Morgan fingerprint density at radius 2 is 2.12 bits per heavy atom. The van der Waals surface area contributed by atoms with Gasteiger partial charge in [0.05, 0.1) is 19.3 Å². The number of pyridine rings is 1. The highest BCUT2D eigenvalue weighted by atomic mass is 16.5. The lowest BCUT2D eigenvalue weighted by Gasteiger charge is -2.18. The average Bonchev–Trinajstić information content (AvgIpc) is 2.61. The van der Waals surface area contributed by atoms with E-state index in [9.17, 15) is 4.79 Å². The van der Waals surface area contributed by atoms with E-state index in [2.05, 4.69) is 11.6 Å². The van der Waals surface area contributed by atoms with Gasteiger partial charge >= 0.3 is 0 Å². The molecule has 0 radical (unpaired) electrons. The molecule has 1 aromatic heterocycles. The third kappa shape index (κ3) is 4.84. The van der Waals surface area contributed by atoms with Crippen LogP contribution in [0.3, 0.4) is 0 Å². The van der Waals surface area contributed by atoms with Gasteiger partial charge in [0.2, 0.25) is 0 Å². The van der Waals surface area contributed by atoms with Crippen molar-refractivity contribution < 1.29 is 14.3 Å². The van der Waals surface area contributed by atoms with Gasteiger partial charge in [-0.05, 0) is 36.2 Å². The molecule has 0 aliphatic heterocycles. The molecule has 1 aromatic carbocycles. The molecular weight excluding hydrogens is 304 g/mol. The Morgan fingerprint density at radius 3 is 2.79 bits per heavy atom. The first kappa shape index (κ1) is 17.5. The second-order valence-corrected chi connectivity index (χ2v) is 5.34. The van der Waals surface area contributed by atoms with Crippen molar-refractivity contribution in [2.24, 2.45) is 0 Å². The maximum Gasteiger partial charge on any atom is 0.260 e. The minimum atomic E-state index is -0.127. The standard InChI is InChI=1S/C19H22N2O3/c1-4-7-15-9-10-17(18(12-15)23-3)24-14-19(22)21(2)13-16-8-5-6-11-20-16/h4-6,8-12H,1,7,13-14H2,2-3H3. The van der Waals surface area contributed by atoms with Gasteiger partial charge in [-0.2, -0.15) is 0 Å². The predicted octanol–water partition coefficient (Wildman–Crippen LogP) is 2.86. The summed E-state index contributed by atoms with van der Waals surface area (Å²) in [7, 11) is 3.31. The molecule has 0 spiro atoms. The number of aromatic nitrogens is 1. The Morgan fingerprint density at radius 1 is 1.29 bits per heavy atom. The van der Waals surface area contributed by atoms with Crippen LogP contribution in [-0.2, 0) is 17.8 Å². The van der Waals surface area contributed by atoms with Gasteiger partial charge < -0.3 is 14.4 Å². The van der Waals surface area contributed by atoms with Crippen LogP contribution in [0, 0.1) is 0 Å². The first-order valence-electron chi connectivity index (χ1n) is 7.68. The molecule has 0 aliphatic carbocycles. The number of hydrogen-bond donors (Lipinski definition) is 0. The summed E-state index contributed by atoms with van der Waals surface area (Å²) >= 11 is 0. The molecule has 0 saturated heterocycles. The molecule has 0 fully saturated rings. The molecule has 2 rings (SSSR count). The van der Waals surface area contributed by atoms with E-state index in [1.165, 1.54) is 0 Å². The Balaban J connectivity index is 1.94. The molecule has 0 bridgehead atoms. The van der Waals surface area contributed by atoms with E-state index in [-0.39, 0.29) is 12.5 Å². The van der Waals surface area contributed by atoms with Crippen LogP contribution < -0.4 is 9.47 Å². The van der Waals surface area contributed by atoms with Gasteiger partial charge in [0.1, 0.15) is 0 Å². The smallest absolute Gasteiger partial charge is 0.260 e. The van der Waals surface area contributed by atoms with Gasteiger partial charge in [0.25, 0.3) is 5.91 Å². The molecule has 126 valence electrons. The number of allylic oxidation sites excluding steroid dienone is 1. The summed E-state index contributed by atoms with van der Waals surface area (Å²) in [5.74, 6) is 1.03. The number of ether oxygens (including phenoxy) is 2. The molecule has 0 saturated carbocycles. The molecule has 0 aliphatic rings. The van der Waals surface area contributed by atoms with E-state index in [0.29, 0.717) is 18.0 Å². The summed E-state index contributed by atoms with van der Waals surface area (Å²) in [4.78, 5) is 18.0. The van der Waals surface area contributed by atoms with Crippen LogP contribution in [0.25, 0.3) is 0 Å². The lowest BCUT2D eigenvalue weighted by Crippen LogP contribution is -2.31. The van der Waals surface area contributed by atoms with Gasteiger partial charge in [-0.3, -0.25) is 9.78 Å². The number of amides is 1. The fraction of sp³-hybridized carbons (Fsp3) is 0.263. The summed E-state index contributed by atoms with van der Waals surface area (Å²) in [5, 5.41) is 0. The highest BCUT2D eigenvalue weighted by Crippen LogP contribution is 2.28. The summed E-state index contributed by atoms with van der Waals surface area (Å²) in [6, 6.07) is 11.2. The van der Waals surface area contributed by atoms with Crippen molar-refractivity contribution in [3.8, 4) is 11.5 Å². The number of carbonyl (C=O) groups excluding carboxylic acids is 1. The summed E-state index contributed by atoms with van der Waals surface area (Å²) in [6.45, 7) is 4.11. The van der Waals surface area contributed by atoms with E-state index < -0.39 is 0 Å². The number of likely N-dealkylation sites (N-methyl/N-ethyl adjacent to an activating group) is 1. The molecule has 2 aromatic rings. The van der Waals surface area contributed by atoms with Gasteiger partial charge in [0, 0.05) is 13.2 Å². The quantitative estimate of drug-likeness (QED) is 0.700. The highest BCUT2D eigenvalue weighted by Gasteiger charge is 2.13. The van der Waals surface area contributed by atoms with Crippen LogP contribution in [0.15, 0.2) is 55.3 Å². The average molecular weight is 326 g/mol.